The van der Waals surface area contributed by atoms with Crippen molar-refractivity contribution in [2.24, 2.45) is 17.3 Å². The van der Waals surface area contributed by atoms with Gasteiger partial charge in [-0.05, 0) is 33.0 Å². The van der Waals surface area contributed by atoms with Crippen molar-refractivity contribution in [3.8, 4) is 0 Å². The van der Waals surface area contributed by atoms with E-state index in [1.807, 2.05) is 20.8 Å². The van der Waals surface area contributed by atoms with E-state index in [2.05, 4.69) is 0 Å². The van der Waals surface area contributed by atoms with Gasteiger partial charge >= 0.3 is 11.9 Å². The van der Waals surface area contributed by atoms with Crippen molar-refractivity contribution in [2.75, 3.05) is 33.0 Å². The van der Waals surface area contributed by atoms with Crippen molar-refractivity contribution in [2.45, 2.75) is 45.7 Å². The molecule has 2 aliphatic rings. The van der Waals surface area contributed by atoms with Gasteiger partial charge in [0.15, 0.2) is 11.7 Å². The average molecular weight is 421 g/mol. The van der Waals surface area contributed by atoms with Crippen molar-refractivity contribution in [1.29, 1.82) is 0 Å². The predicted octanol–water partition coefficient (Wildman–Crippen LogP) is 2.55. The lowest BCUT2D eigenvalue weighted by Gasteiger charge is -2.36. The topological polar surface area (TPSA) is 80.3 Å². The van der Waals surface area contributed by atoms with E-state index in [-0.39, 0.29) is 23.9 Å². The Bertz CT molecular complexity index is 550. The number of hydrogen-bond donors (Lipinski definition) is 0. The fraction of sp³-hybridized carbons (Fsp3) is 0.833. The van der Waals surface area contributed by atoms with Gasteiger partial charge < -0.3 is 23.7 Å². The number of thioether (sulfide) groups is 1. The summed E-state index contributed by atoms with van der Waals surface area (Å²) >= 11 is 6.48. The molecule has 2 rings (SSSR count). The van der Waals surface area contributed by atoms with Gasteiger partial charge in [0.2, 0.25) is 4.38 Å². The number of carbonyl (C=O) groups excluding carboxylic acids is 2. The third-order valence-corrected chi connectivity index (χ3v) is 5.97. The quantitative estimate of drug-likeness (QED) is 0.351. The lowest BCUT2D eigenvalue weighted by molar-refractivity contribution is -0.252. The third kappa shape index (κ3) is 4.93. The predicted molar refractivity (Wildman–Crippen MR) is 104 cm³/mol. The minimum atomic E-state index is -1.13. The second-order valence-corrected chi connectivity index (χ2v) is 8.94. The molecule has 27 heavy (non-hydrogen) atoms. The molecule has 0 N–H and O–H groups in total. The van der Waals surface area contributed by atoms with Gasteiger partial charge in [-0.15, -0.1) is 0 Å². The molecule has 7 nitrogen and oxygen atoms in total. The highest BCUT2D eigenvalue weighted by Gasteiger charge is 2.76. The largest absolute Gasteiger partial charge is 0.479 e. The molecule has 154 valence electrons. The normalized spacial score (nSPS) is 25.1. The van der Waals surface area contributed by atoms with Crippen LogP contribution in [-0.4, -0.2) is 60.4 Å². The zero-order valence-electron chi connectivity index (χ0n) is 16.4. The second kappa shape index (κ2) is 9.07. The smallest absolute Gasteiger partial charge is 0.320 e. The minimum Gasteiger partial charge on any atom is -0.479 e. The number of carbonyl (C=O) groups is 2. The van der Waals surface area contributed by atoms with Crippen molar-refractivity contribution in [1.82, 2.24) is 0 Å². The molecule has 1 unspecified atom stereocenters. The van der Waals surface area contributed by atoms with Crippen LogP contribution in [0.5, 0.6) is 0 Å². The lowest BCUT2D eigenvalue weighted by atomic mass is 9.95. The van der Waals surface area contributed by atoms with Gasteiger partial charge in [0.25, 0.3) is 0 Å². The molecule has 1 saturated heterocycles. The van der Waals surface area contributed by atoms with Crippen LogP contribution >= 0.6 is 24.0 Å². The van der Waals surface area contributed by atoms with Gasteiger partial charge in [-0.3, -0.25) is 9.59 Å². The number of thiocarbonyl (C=S) groups is 1. The zero-order chi connectivity index (χ0) is 20.2. The molecular weight excluding hydrogens is 392 g/mol. The Morgan fingerprint density at radius 3 is 1.96 bits per heavy atom. The molecule has 9 heteroatoms. The van der Waals surface area contributed by atoms with E-state index in [1.165, 1.54) is 11.8 Å². The lowest BCUT2D eigenvalue weighted by Crippen LogP contribution is -2.43. The maximum atomic E-state index is 12.5. The first-order valence-electron chi connectivity index (χ1n) is 9.17. The first-order chi connectivity index (χ1) is 12.7. The molecule has 0 aromatic rings. The van der Waals surface area contributed by atoms with Gasteiger partial charge in [-0.25, -0.2) is 0 Å². The molecule has 2 atom stereocenters. The van der Waals surface area contributed by atoms with Gasteiger partial charge in [0, 0.05) is 5.41 Å². The van der Waals surface area contributed by atoms with E-state index in [4.69, 9.17) is 35.9 Å². The molecule has 1 spiro atoms. The Morgan fingerprint density at radius 1 is 1.04 bits per heavy atom. The first kappa shape index (κ1) is 22.4. The van der Waals surface area contributed by atoms with Crippen molar-refractivity contribution >= 4 is 40.3 Å². The summed E-state index contributed by atoms with van der Waals surface area (Å²) in [5, 5.41) is -0.355. The number of rotatable bonds is 7. The average Bonchev–Trinajstić information content (AvgIpc) is 3.17. The van der Waals surface area contributed by atoms with Crippen LogP contribution in [0.1, 0.15) is 34.6 Å². The van der Waals surface area contributed by atoms with E-state index in [9.17, 15) is 9.59 Å². The van der Waals surface area contributed by atoms with Crippen molar-refractivity contribution in [3.05, 3.63) is 0 Å². The summed E-state index contributed by atoms with van der Waals surface area (Å²) in [5.41, 5.74) is -0.155. The Hall–Kier alpha value is -0.900. The summed E-state index contributed by atoms with van der Waals surface area (Å²) in [6, 6.07) is 0. The van der Waals surface area contributed by atoms with E-state index < -0.39 is 29.6 Å². The highest BCUT2D eigenvalue weighted by Crippen LogP contribution is 2.61. The van der Waals surface area contributed by atoms with Crippen LogP contribution in [0.3, 0.4) is 0 Å². The van der Waals surface area contributed by atoms with Crippen LogP contribution in [0, 0.1) is 17.3 Å². The third-order valence-electron chi connectivity index (χ3n) is 4.38. The number of esters is 2. The number of hydrogen-bond acceptors (Lipinski definition) is 9. The van der Waals surface area contributed by atoms with Crippen molar-refractivity contribution < 1.29 is 33.3 Å². The highest BCUT2D eigenvalue weighted by atomic mass is 32.2. The van der Waals surface area contributed by atoms with Crippen LogP contribution in [-0.2, 0) is 33.3 Å². The summed E-state index contributed by atoms with van der Waals surface area (Å²) in [6.45, 7) is 10.9. The maximum Gasteiger partial charge on any atom is 0.320 e. The summed E-state index contributed by atoms with van der Waals surface area (Å²) in [5.74, 6) is -4.04. The summed E-state index contributed by atoms with van der Waals surface area (Å²) in [6.07, 6.45) is 0. The molecule has 1 saturated carbocycles. The molecule has 0 amide bonds. The monoisotopic (exact) mass is 420 g/mol. The molecule has 1 aliphatic heterocycles. The van der Waals surface area contributed by atoms with Crippen LogP contribution in [0.2, 0.25) is 0 Å². The van der Waals surface area contributed by atoms with Crippen molar-refractivity contribution in [3.63, 3.8) is 0 Å². The summed E-state index contributed by atoms with van der Waals surface area (Å²) in [7, 11) is 0. The molecule has 2 fully saturated rings. The van der Waals surface area contributed by atoms with E-state index in [1.54, 1.807) is 13.8 Å². The molecule has 1 aliphatic carbocycles. The summed E-state index contributed by atoms with van der Waals surface area (Å²) < 4.78 is 28.1. The molecule has 0 bridgehead atoms. The van der Waals surface area contributed by atoms with Gasteiger partial charge in [0.1, 0.15) is 0 Å². The Morgan fingerprint density at radius 2 is 1.52 bits per heavy atom. The van der Waals surface area contributed by atoms with E-state index in [0.717, 1.165) is 0 Å². The van der Waals surface area contributed by atoms with E-state index >= 15 is 0 Å². The fourth-order valence-electron chi connectivity index (χ4n) is 3.06. The van der Waals surface area contributed by atoms with Crippen LogP contribution in [0.4, 0.5) is 0 Å². The minimum absolute atomic E-state index is 0.155. The standard InChI is InChI=1S/C18H28O7S2/c1-6-21-14(19)11(15(20)22-7-2)12-13(27-16(26)23-8-3)18(12)24-9-17(4,5)10-25-18/h11-13H,6-10H2,1-5H3/t12-,13?/m0/s1. The first-order valence-corrected chi connectivity index (χ1v) is 10.5. The van der Waals surface area contributed by atoms with Gasteiger partial charge in [-0.1, -0.05) is 25.6 Å². The zero-order valence-corrected chi connectivity index (χ0v) is 18.1. The highest BCUT2D eigenvalue weighted by molar-refractivity contribution is 8.23. The van der Waals surface area contributed by atoms with Gasteiger partial charge in [-0.2, -0.15) is 0 Å². The molecule has 0 radical (unpaired) electrons. The van der Waals surface area contributed by atoms with Crippen LogP contribution < -0.4 is 0 Å². The molecular formula is C18H28O7S2. The second-order valence-electron chi connectivity index (χ2n) is 7.19. The Labute approximate surface area is 169 Å². The van der Waals surface area contributed by atoms with Crippen LogP contribution in [0.15, 0.2) is 0 Å². The van der Waals surface area contributed by atoms with E-state index in [0.29, 0.717) is 24.2 Å². The fourth-order valence-corrected chi connectivity index (χ4v) is 4.76. The van der Waals surface area contributed by atoms with Gasteiger partial charge in [0.05, 0.1) is 44.2 Å². The summed E-state index contributed by atoms with van der Waals surface area (Å²) in [4.78, 5) is 25.1. The SMILES string of the molecule is CCOC(=O)C(C(=O)OCC)[C@H]1C(SC(=S)OCC)C12OCC(C)(C)CO2. The Kier molecular flexibility index (Phi) is 7.52. The number of ether oxygens (including phenoxy) is 5. The maximum absolute atomic E-state index is 12.5. The molecule has 0 aromatic carbocycles. The van der Waals surface area contributed by atoms with Crippen LogP contribution in [0.25, 0.3) is 0 Å². The molecule has 1 heterocycles. The molecule has 0 aromatic heterocycles. The Balaban J connectivity index is 2.27.